The van der Waals surface area contributed by atoms with E-state index >= 15 is 0 Å². The Bertz CT molecular complexity index is 237. The average Bonchev–Trinajstić information content (AvgIpc) is 2.28. The zero-order valence-electron chi connectivity index (χ0n) is 8.32. The zero-order chi connectivity index (χ0) is 10.4. The topological polar surface area (TPSA) is 65.4 Å². The minimum absolute atomic E-state index is 0.0565. The molecule has 0 aromatic heterocycles. The molecular weight excluding hydrogens is 182 g/mol. The van der Waals surface area contributed by atoms with Crippen LogP contribution in [-0.4, -0.2) is 37.2 Å². The van der Waals surface area contributed by atoms with E-state index in [2.05, 4.69) is 11.5 Å². The number of rotatable bonds is 1. The Morgan fingerprint density at radius 3 is 3.07 bits per heavy atom. The van der Waals surface area contributed by atoms with Crippen molar-refractivity contribution in [2.45, 2.75) is 25.5 Å². The average molecular weight is 197 g/mol. The van der Waals surface area contributed by atoms with Crippen LogP contribution in [0.3, 0.4) is 0 Å². The predicted octanol–water partition coefficient (Wildman–Crippen LogP) is 0.0421. The van der Waals surface area contributed by atoms with Crippen LogP contribution in [-0.2, 0) is 9.53 Å². The molecular formula is C9H15N3O2. The Morgan fingerprint density at radius 1 is 1.64 bits per heavy atom. The van der Waals surface area contributed by atoms with E-state index in [9.17, 15) is 4.79 Å². The molecule has 0 aromatic carbocycles. The van der Waals surface area contributed by atoms with Crippen molar-refractivity contribution in [2.24, 2.45) is 0 Å². The van der Waals surface area contributed by atoms with Gasteiger partial charge in [-0.25, -0.2) is 0 Å². The van der Waals surface area contributed by atoms with Crippen molar-refractivity contribution >= 4 is 5.91 Å². The fourth-order valence-electron chi connectivity index (χ4n) is 1.42. The summed E-state index contributed by atoms with van der Waals surface area (Å²) in [6, 6.07) is 0. The maximum Gasteiger partial charge on any atom is 0.223 e. The molecule has 78 valence electrons. The summed E-state index contributed by atoms with van der Waals surface area (Å²) in [5.74, 6) is -0.0565. The van der Waals surface area contributed by atoms with Crippen LogP contribution >= 0.6 is 0 Å². The van der Waals surface area contributed by atoms with Crippen LogP contribution in [0.15, 0.2) is 0 Å². The number of carbonyl (C=O) groups excluding carboxylic acids is 1. The van der Waals surface area contributed by atoms with Gasteiger partial charge in [-0.15, -0.1) is 0 Å². The molecule has 5 heteroatoms. The summed E-state index contributed by atoms with van der Waals surface area (Å²) in [4.78, 5) is 12.9. The van der Waals surface area contributed by atoms with Gasteiger partial charge in [-0.05, 0) is 12.8 Å². The third kappa shape index (κ3) is 3.23. The number of carbonyl (C=O) groups is 1. The summed E-state index contributed by atoms with van der Waals surface area (Å²) in [6.45, 7) is 1.20. The standard InChI is InChI=1S/C9H15N3O2/c1-14-9-3-2-5-12(7-10)6-4-8(13)11-9/h9H,2-6H2,1H3,(H,11,13). The third-order valence-corrected chi connectivity index (χ3v) is 2.25. The summed E-state index contributed by atoms with van der Waals surface area (Å²) in [5.41, 5.74) is 0. The zero-order valence-corrected chi connectivity index (χ0v) is 8.32. The van der Waals surface area contributed by atoms with Crippen LogP contribution in [0, 0.1) is 11.5 Å². The number of amides is 1. The van der Waals surface area contributed by atoms with E-state index in [1.165, 1.54) is 0 Å². The largest absolute Gasteiger partial charge is 0.362 e. The van der Waals surface area contributed by atoms with Gasteiger partial charge < -0.3 is 15.0 Å². The highest BCUT2D eigenvalue weighted by atomic mass is 16.5. The van der Waals surface area contributed by atoms with Crippen molar-refractivity contribution in [1.82, 2.24) is 10.2 Å². The minimum atomic E-state index is -0.207. The second-order valence-corrected chi connectivity index (χ2v) is 3.27. The number of ether oxygens (including phenoxy) is 1. The highest BCUT2D eigenvalue weighted by molar-refractivity contribution is 5.76. The molecule has 1 rings (SSSR count). The SMILES string of the molecule is COC1CCCN(C#N)CCC(=O)N1. The van der Waals surface area contributed by atoms with Gasteiger partial charge >= 0.3 is 0 Å². The van der Waals surface area contributed by atoms with Crippen LogP contribution in [0.1, 0.15) is 19.3 Å². The Labute approximate surface area is 83.6 Å². The van der Waals surface area contributed by atoms with Crippen molar-refractivity contribution in [3.8, 4) is 6.19 Å². The van der Waals surface area contributed by atoms with Crippen LogP contribution in [0.25, 0.3) is 0 Å². The van der Waals surface area contributed by atoms with Gasteiger partial charge in [0.1, 0.15) is 6.23 Å². The van der Waals surface area contributed by atoms with Gasteiger partial charge in [0.2, 0.25) is 5.91 Å². The first-order chi connectivity index (χ1) is 6.76. The van der Waals surface area contributed by atoms with Crippen LogP contribution in [0.5, 0.6) is 0 Å². The number of hydrogen-bond acceptors (Lipinski definition) is 4. The third-order valence-electron chi connectivity index (χ3n) is 2.25. The fourth-order valence-corrected chi connectivity index (χ4v) is 1.42. The Hall–Kier alpha value is -1.28. The lowest BCUT2D eigenvalue weighted by atomic mass is 10.2. The molecule has 1 saturated heterocycles. The van der Waals surface area contributed by atoms with Crippen LogP contribution in [0.4, 0.5) is 0 Å². The van der Waals surface area contributed by atoms with Gasteiger partial charge in [0, 0.05) is 26.6 Å². The lowest BCUT2D eigenvalue weighted by Crippen LogP contribution is -2.36. The number of methoxy groups -OCH3 is 1. The van der Waals surface area contributed by atoms with Crippen molar-refractivity contribution in [3.63, 3.8) is 0 Å². The maximum absolute atomic E-state index is 11.3. The molecule has 0 spiro atoms. The van der Waals surface area contributed by atoms with Gasteiger partial charge in [0.15, 0.2) is 6.19 Å². The number of hydrogen-bond donors (Lipinski definition) is 1. The van der Waals surface area contributed by atoms with Crippen molar-refractivity contribution in [2.75, 3.05) is 20.2 Å². The monoisotopic (exact) mass is 197 g/mol. The second-order valence-electron chi connectivity index (χ2n) is 3.27. The molecule has 1 unspecified atom stereocenters. The lowest BCUT2D eigenvalue weighted by molar-refractivity contribution is -0.124. The van der Waals surface area contributed by atoms with Crippen LogP contribution in [0.2, 0.25) is 0 Å². The molecule has 1 aliphatic rings. The van der Waals surface area contributed by atoms with Gasteiger partial charge in [-0.1, -0.05) is 0 Å². The molecule has 14 heavy (non-hydrogen) atoms. The molecule has 0 aliphatic carbocycles. The number of nitriles is 1. The Kier molecular flexibility index (Phi) is 4.20. The van der Waals surface area contributed by atoms with E-state index in [0.29, 0.717) is 19.5 Å². The molecule has 0 radical (unpaired) electrons. The summed E-state index contributed by atoms with van der Waals surface area (Å²) < 4.78 is 5.09. The maximum atomic E-state index is 11.3. The first kappa shape index (κ1) is 10.8. The molecule has 1 heterocycles. The first-order valence-electron chi connectivity index (χ1n) is 4.73. The first-order valence-corrected chi connectivity index (χ1v) is 4.73. The predicted molar refractivity (Wildman–Crippen MR) is 50.0 cm³/mol. The molecule has 1 atom stereocenters. The Balaban J connectivity index is 2.51. The quantitative estimate of drug-likeness (QED) is 0.603. The van der Waals surface area contributed by atoms with E-state index in [4.69, 9.17) is 10.00 Å². The smallest absolute Gasteiger partial charge is 0.223 e. The van der Waals surface area contributed by atoms with E-state index in [1.807, 2.05) is 0 Å². The van der Waals surface area contributed by atoms with Gasteiger partial charge in [-0.3, -0.25) is 4.79 Å². The molecule has 0 aromatic rings. The highest BCUT2D eigenvalue weighted by Gasteiger charge is 2.15. The Morgan fingerprint density at radius 2 is 2.43 bits per heavy atom. The fraction of sp³-hybridized carbons (Fsp3) is 0.778. The normalized spacial score (nSPS) is 24.1. The van der Waals surface area contributed by atoms with Crippen molar-refractivity contribution in [3.05, 3.63) is 0 Å². The highest BCUT2D eigenvalue weighted by Crippen LogP contribution is 2.04. The molecule has 0 bridgehead atoms. The second kappa shape index (κ2) is 5.45. The molecule has 0 saturated carbocycles. The molecule has 1 fully saturated rings. The number of nitrogens with one attached hydrogen (secondary N) is 1. The van der Waals surface area contributed by atoms with E-state index in [-0.39, 0.29) is 12.1 Å². The summed E-state index contributed by atoms with van der Waals surface area (Å²) in [6.07, 6.45) is 3.82. The van der Waals surface area contributed by atoms with Gasteiger partial charge in [-0.2, -0.15) is 5.26 Å². The summed E-state index contributed by atoms with van der Waals surface area (Å²) in [5, 5.41) is 11.5. The molecule has 5 nitrogen and oxygen atoms in total. The molecule has 1 N–H and O–H groups in total. The van der Waals surface area contributed by atoms with E-state index in [0.717, 1.165) is 12.8 Å². The van der Waals surface area contributed by atoms with Crippen LogP contribution < -0.4 is 5.32 Å². The van der Waals surface area contributed by atoms with E-state index < -0.39 is 0 Å². The number of nitrogens with zero attached hydrogens (tertiary/aromatic N) is 2. The lowest BCUT2D eigenvalue weighted by Gasteiger charge is -2.15. The van der Waals surface area contributed by atoms with Crippen molar-refractivity contribution < 1.29 is 9.53 Å². The molecule has 1 amide bonds. The van der Waals surface area contributed by atoms with Crippen molar-refractivity contribution in [1.29, 1.82) is 5.26 Å². The molecule has 1 aliphatic heterocycles. The van der Waals surface area contributed by atoms with Gasteiger partial charge in [0.25, 0.3) is 0 Å². The van der Waals surface area contributed by atoms with Gasteiger partial charge in [0.05, 0.1) is 0 Å². The summed E-state index contributed by atoms with van der Waals surface area (Å²) in [7, 11) is 1.57. The van der Waals surface area contributed by atoms with E-state index in [1.54, 1.807) is 12.0 Å². The minimum Gasteiger partial charge on any atom is -0.362 e. The summed E-state index contributed by atoms with van der Waals surface area (Å²) >= 11 is 0.